The number of rotatable bonds is 5. The van der Waals surface area contributed by atoms with Crippen LogP contribution in [0.1, 0.15) is 18.9 Å². The molecule has 1 atom stereocenters. The number of aromatic nitrogens is 1. The third kappa shape index (κ3) is 5.40. The third-order valence-corrected chi connectivity index (χ3v) is 2.84. The highest BCUT2D eigenvalue weighted by molar-refractivity contribution is 6.68. The van der Waals surface area contributed by atoms with Gasteiger partial charge in [-0.1, -0.05) is 47.8 Å². The number of amides is 1. The number of hydrogen-bond acceptors (Lipinski definition) is 3. The summed E-state index contributed by atoms with van der Waals surface area (Å²) in [4.78, 5) is 15.3. The fourth-order valence-corrected chi connectivity index (χ4v) is 1.63. The molecule has 2 N–H and O–H groups in total. The fourth-order valence-electron chi connectivity index (χ4n) is 1.23. The molecule has 1 heterocycles. The van der Waals surface area contributed by atoms with E-state index in [1.807, 2.05) is 12.1 Å². The Morgan fingerprint density at radius 3 is 2.72 bits per heavy atom. The van der Waals surface area contributed by atoms with E-state index in [0.717, 1.165) is 5.56 Å². The number of hydrogen-bond donors (Lipinski definition) is 2. The lowest BCUT2D eigenvalue weighted by atomic mass is 10.3. The minimum absolute atomic E-state index is 0.190. The van der Waals surface area contributed by atoms with Crippen LogP contribution < -0.4 is 10.6 Å². The molecule has 7 heteroatoms. The highest BCUT2D eigenvalue weighted by atomic mass is 35.6. The van der Waals surface area contributed by atoms with Gasteiger partial charge < -0.3 is 5.32 Å². The Morgan fingerprint density at radius 1 is 1.50 bits per heavy atom. The van der Waals surface area contributed by atoms with Crippen LogP contribution in [-0.4, -0.2) is 20.8 Å². The summed E-state index contributed by atoms with van der Waals surface area (Å²) in [6.07, 6.45) is 2.94. The van der Waals surface area contributed by atoms with Gasteiger partial charge in [-0.05, 0) is 11.6 Å². The summed E-state index contributed by atoms with van der Waals surface area (Å²) in [5.74, 6) is -0.190. The Hall–Kier alpha value is -0.550. The highest BCUT2D eigenvalue weighted by Gasteiger charge is 2.33. The molecule has 1 aromatic heterocycles. The van der Waals surface area contributed by atoms with Crippen molar-refractivity contribution in [3.63, 3.8) is 0 Å². The number of nitrogens with one attached hydrogen (secondary N) is 2. The highest BCUT2D eigenvalue weighted by Crippen LogP contribution is 2.29. The summed E-state index contributed by atoms with van der Waals surface area (Å²) >= 11 is 17.4. The number of carbonyl (C=O) groups excluding carboxylic acids is 1. The summed E-state index contributed by atoms with van der Waals surface area (Å²) in [6, 6.07) is 3.70. The van der Waals surface area contributed by atoms with Gasteiger partial charge in [-0.2, -0.15) is 0 Å². The Morgan fingerprint density at radius 2 is 2.22 bits per heavy atom. The van der Waals surface area contributed by atoms with Gasteiger partial charge in [-0.3, -0.25) is 15.1 Å². The molecule has 0 saturated carbocycles. The van der Waals surface area contributed by atoms with E-state index in [4.69, 9.17) is 34.8 Å². The standard InChI is InChI=1S/C11H14Cl3N3O/c1-2-9(18)17-10(11(12,13)14)16-7-8-4-3-5-15-6-8/h3-6,10,16H,2,7H2,1H3,(H,17,18). The fraction of sp³-hybridized carbons (Fsp3) is 0.455. The van der Waals surface area contributed by atoms with E-state index < -0.39 is 9.96 Å². The maximum Gasteiger partial charge on any atom is 0.223 e. The maximum absolute atomic E-state index is 11.3. The Kier molecular flexibility index (Phi) is 6.15. The van der Waals surface area contributed by atoms with E-state index in [1.165, 1.54) is 0 Å². The Labute approximate surface area is 121 Å². The molecule has 18 heavy (non-hydrogen) atoms. The van der Waals surface area contributed by atoms with Crippen LogP contribution in [0.4, 0.5) is 0 Å². The van der Waals surface area contributed by atoms with Gasteiger partial charge in [0.15, 0.2) is 0 Å². The molecule has 100 valence electrons. The summed E-state index contributed by atoms with van der Waals surface area (Å²) in [7, 11) is 0. The second kappa shape index (κ2) is 7.14. The lowest BCUT2D eigenvalue weighted by Crippen LogP contribution is -2.52. The average Bonchev–Trinajstić information content (AvgIpc) is 2.34. The number of halogens is 3. The molecule has 4 nitrogen and oxygen atoms in total. The molecular weight excluding hydrogens is 296 g/mol. The SMILES string of the molecule is CCC(=O)NC(NCc1cccnc1)C(Cl)(Cl)Cl. The molecule has 0 spiro atoms. The summed E-state index contributed by atoms with van der Waals surface area (Å²) in [5.41, 5.74) is 0.933. The first kappa shape index (κ1) is 15.5. The van der Waals surface area contributed by atoms with Crippen molar-refractivity contribution in [3.05, 3.63) is 30.1 Å². The smallest absolute Gasteiger partial charge is 0.223 e. The van der Waals surface area contributed by atoms with Crippen LogP contribution in [0.5, 0.6) is 0 Å². The van der Waals surface area contributed by atoms with Crippen LogP contribution in [-0.2, 0) is 11.3 Å². The number of alkyl halides is 3. The zero-order valence-corrected chi connectivity index (χ0v) is 12.1. The minimum atomic E-state index is -1.62. The molecule has 0 radical (unpaired) electrons. The summed E-state index contributed by atoms with van der Waals surface area (Å²) < 4.78 is -1.62. The van der Waals surface area contributed by atoms with Crippen molar-refractivity contribution in [1.29, 1.82) is 0 Å². The maximum atomic E-state index is 11.3. The van der Waals surface area contributed by atoms with Crippen LogP contribution >= 0.6 is 34.8 Å². The number of carbonyl (C=O) groups is 1. The molecule has 1 unspecified atom stereocenters. The van der Waals surface area contributed by atoms with Gasteiger partial charge in [-0.15, -0.1) is 0 Å². The van der Waals surface area contributed by atoms with Crippen molar-refractivity contribution in [2.24, 2.45) is 0 Å². The normalized spacial score (nSPS) is 13.1. The van der Waals surface area contributed by atoms with Crippen molar-refractivity contribution < 1.29 is 4.79 Å². The van der Waals surface area contributed by atoms with Gasteiger partial charge in [0.2, 0.25) is 9.70 Å². The quantitative estimate of drug-likeness (QED) is 0.648. The van der Waals surface area contributed by atoms with E-state index >= 15 is 0 Å². The second-order valence-corrected chi connectivity index (χ2v) is 6.01. The van der Waals surface area contributed by atoms with Crippen LogP contribution in [0.3, 0.4) is 0 Å². The Bertz CT molecular complexity index is 381. The van der Waals surface area contributed by atoms with E-state index in [9.17, 15) is 4.79 Å². The number of nitrogens with zero attached hydrogens (tertiary/aromatic N) is 1. The average molecular weight is 311 g/mol. The first-order valence-corrected chi connectivity index (χ1v) is 6.55. The van der Waals surface area contributed by atoms with Gasteiger partial charge in [0.25, 0.3) is 0 Å². The third-order valence-electron chi connectivity index (χ3n) is 2.19. The van der Waals surface area contributed by atoms with Crippen LogP contribution in [0, 0.1) is 0 Å². The molecule has 0 bridgehead atoms. The van der Waals surface area contributed by atoms with E-state index in [2.05, 4.69) is 15.6 Å². The minimum Gasteiger partial charge on any atom is -0.337 e. The lowest BCUT2D eigenvalue weighted by Gasteiger charge is -2.26. The number of pyridine rings is 1. The van der Waals surface area contributed by atoms with Crippen LogP contribution in [0.15, 0.2) is 24.5 Å². The lowest BCUT2D eigenvalue weighted by molar-refractivity contribution is -0.121. The molecule has 0 aromatic carbocycles. The monoisotopic (exact) mass is 309 g/mol. The molecular formula is C11H14Cl3N3O. The molecule has 1 rings (SSSR count). The predicted molar refractivity (Wildman–Crippen MR) is 73.6 cm³/mol. The van der Waals surface area contributed by atoms with Crippen LogP contribution in [0.2, 0.25) is 0 Å². The molecule has 0 saturated heterocycles. The van der Waals surface area contributed by atoms with E-state index in [-0.39, 0.29) is 5.91 Å². The van der Waals surface area contributed by atoms with Crippen molar-refractivity contribution >= 4 is 40.7 Å². The van der Waals surface area contributed by atoms with E-state index in [1.54, 1.807) is 19.3 Å². The topological polar surface area (TPSA) is 54.0 Å². The molecule has 1 aromatic rings. The van der Waals surface area contributed by atoms with Gasteiger partial charge >= 0.3 is 0 Å². The van der Waals surface area contributed by atoms with Gasteiger partial charge in [-0.25, -0.2) is 0 Å². The van der Waals surface area contributed by atoms with Crippen molar-refractivity contribution in [2.45, 2.75) is 29.8 Å². The van der Waals surface area contributed by atoms with Crippen molar-refractivity contribution in [1.82, 2.24) is 15.6 Å². The summed E-state index contributed by atoms with van der Waals surface area (Å²) in [6.45, 7) is 2.17. The first-order chi connectivity index (χ1) is 8.43. The Balaban J connectivity index is 2.59. The molecule has 0 fully saturated rings. The largest absolute Gasteiger partial charge is 0.337 e. The van der Waals surface area contributed by atoms with Gasteiger partial charge in [0, 0.05) is 25.4 Å². The zero-order valence-electron chi connectivity index (χ0n) is 9.79. The van der Waals surface area contributed by atoms with Gasteiger partial charge in [0.1, 0.15) is 6.17 Å². The molecule has 0 aliphatic heterocycles. The van der Waals surface area contributed by atoms with Crippen LogP contribution in [0.25, 0.3) is 0 Å². The second-order valence-electron chi connectivity index (χ2n) is 3.64. The summed E-state index contributed by atoms with van der Waals surface area (Å²) in [5, 5.41) is 5.58. The molecule has 0 aliphatic carbocycles. The molecule has 1 amide bonds. The van der Waals surface area contributed by atoms with E-state index in [0.29, 0.717) is 13.0 Å². The first-order valence-electron chi connectivity index (χ1n) is 5.42. The molecule has 0 aliphatic rings. The zero-order chi connectivity index (χ0) is 13.6. The van der Waals surface area contributed by atoms with Crippen molar-refractivity contribution in [3.8, 4) is 0 Å². The predicted octanol–water partition coefficient (Wildman–Crippen LogP) is 2.39. The van der Waals surface area contributed by atoms with Crippen molar-refractivity contribution in [2.75, 3.05) is 0 Å². The van der Waals surface area contributed by atoms with Gasteiger partial charge in [0.05, 0.1) is 0 Å².